The molecule has 2 unspecified atom stereocenters. The van der Waals surface area contributed by atoms with Gasteiger partial charge in [-0.05, 0) is 30.1 Å². The van der Waals surface area contributed by atoms with Gasteiger partial charge in [-0.15, -0.1) is 0 Å². The summed E-state index contributed by atoms with van der Waals surface area (Å²) in [5, 5.41) is 0. The molecule has 0 spiro atoms. The third kappa shape index (κ3) is 1.67. The van der Waals surface area contributed by atoms with E-state index in [9.17, 15) is 0 Å². The molecule has 0 saturated heterocycles. The minimum absolute atomic E-state index is 0.705. The predicted octanol–water partition coefficient (Wildman–Crippen LogP) is 4.39. The Labute approximate surface area is 77.7 Å². The molecular formula is C12H24. The van der Waals surface area contributed by atoms with Crippen LogP contribution >= 0.6 is 0 Å². The zero-order valence-electron chi connectivity index (χ0n) is 9.24. The summed E-state index contributed by atoms with van der Waals surface area (Å²) in [7, 11) is 0. The number of hydrogen-bond donors (Lipinski definition) is 0. The van der Waals surface area contributed by atoms with Crippen molar-refractivity contribution < 1.29 is 0 Å². The van der Waals surface area contributed by atoms with Crippen LogP contribution in [0.25, 0.3) is 0 Å². The summed E-state index contributed by atoms with van der Waals surface area (Å²) < 4.78 is 0. The standard InChI is InChI=1S/C12H24/c1-5-7-9-12(4)10-11(12,3)8-6-2/h5-10H2,1-4H3. The van der Waals surface area contributed by atoms with E-state index in [1.165, 1.54) is 38.5 Å². The summed E-state index contributed by atoms with van der Waals surface area (Å²) >= 11 is 0. The first-order chi connectivity index (χ1) is 5.58. The largest absolute Gasteiger partial charge is 0.0654 e. The van der Waals surface area contributed by atoms with Crippen molar-refractivity contribution in [3.05, 3.63) is 0 Å². The minimum Gasteiger partial charge on any atom is -0.0654 e. The summed E-state index contributed by atoms with van der Waals surface area (Å²) in [4.78, 5) is 0. The van der Waals surface area contributed by atoms with Crippen molar-refractivity contribution in [2.75, 3.05) is 0 Å². The molecule has 1 rings (SSSR count). The van der Waals surface area contributed by atoms with Gasteiger partial charge in [0.25, 0.3) is 0 Å². The van der Waals surface area contributed by atoms with Gasteiger partial charge in [0.2, 0.25) is 0 Å². The second-order valence-electron chi connectivity index (χ2n) is 5.15. The van der Waals surface area contributed by atoms with Crippen molar-refractivity contribution in [1.82, 2.24) is 0 Å². The molecule has 72 valence electrons. The smallest absolute Gasteiger partial charge is 0.0266 e. The lowest BCUT2D eigenvalue weighted by Gasteiger charge is -2.17. The van der Waals surface area contributed by atoms with Crippen molar-refractivity contribution >= 4 is 0 Å². The molecule has 1 aliphatic carbocycles. The second-order valence-corrected chi connectivity index (χ2v) is 5.15. The Morgan fingerprint density at radius 1 is 0.917 bits per heavy atom. The third-order valence-corrected chi connectivity index (χ3v) is 4.00. The van der Waals surface area contributed by atoms with Crippen molar-refractivity contribution in [3.63, 3.8) is 0 Å². The molecule has 0 aromatic heterocycles. The number of hydrogen-bond acceptors (Lipinski definition) is 0. The predicted molar refractivity (Wildman–Crippen MR) is 55.3 cm³/mol. The average Bonchev–Trinajstić information content (AvgIpc) is 2.52. The molecule has 0 N–H and O–H groups in total. The van der Waals surface area contributed by atoms with Gasteiger partial charge in [0.15, 0.2) is 0 Å². The lowest BCUT2D eigenvalue weighted by molar-refractivity contribution is 0.333. The highest BCUT2D eigenvalue weighted by Gasteiger charge is 2.58. The molecule has 0 radical (unpaired) electrons. The zero-order valence-corrected chi connectivity index (χ0v) is 9.24. The van der Waals surface area contributed by atoms with Crippen LogP contribution in [-0.4, -0.2) is 0 Å². The van der Waals surface area contributed by atoms with Crippen molar-refractivity contribution in [1.29, 1.82) is 0 Å². The van der Waals surface area contributed by atoms with E-state index >= 15 is 0 Å². The van der Waals surface area contributed by atoms with Gasteiger partial charge < -0.3 is 0 Å². The molecule has 0 heterocycles. The van der Waals surface area contributed by atoms with E-state index in [4.69, 9.17) is 0 Å². The highest BCUT2D eigenvalue weighted by atomic mass is 14.6. The van der Waals surface area contributed by atoms with Crippen LogP contribution in [0, 0.1) is 10.8 Å². The summed E-state index contributed by atoms with van der Waals surface area (Å²) in [5.41, 5.74) is 1.41. The summed E-state index contributed by atoms with van der Waals surface area (Å²) in [6, 6.07) is 0. The highest BCUT2D eigenvalue weighted by molar-refractivity contribution is 5.08. The van der Waals surface area contributed by atoms with Crippen LogP contribution < -0.4 is 0 Å². The normalized spacial score (nSPS) is 40.0. The molecule has 0 aromatic carbocycles. The van der Waals surface area contributed by atoms with Crippen molar-refractivity contribution in [2.24, 2.45) is 10.8 Å². The third-order valence-electron chi connectivity index (χ3n) is 4.00. The van der Waals surface area contributed by atoms with Crippen LogP contribution in [0.15, 0.2) is 0 Å². The fourth-order valence-electron chi connectivity index (χ4n) is 2.72. The van der Waals surface area contributed by atoms with Crippen molar-refractivity contribution in [3.8, 4) is 0 Å². The van der Waals surface area contributed by atoms with E-state index < -0.39 is 0 Å². The Morgan fingerprint density at radius 3 is 2.00 bits per heavy atom. The Hall–Kier alpha value is 0. The van der Waals surface area contributed by atoms with E-state index in [0.717, 1.165) is 0 Å². The maximum atomic E-state index is 2.48. The first kappa shape index (κ1) is 10.1. The van der Waals surface area contributed by atoms with Crippen LogP contribution in [0.3, 0.4) is 0 Å². The molecule has 0 bridgehead atoms. The molecule has 0 aliphatic heterocycles. The minimum atomic E-state index is 0.705. The van der Waals surface area contributed by atoms with Gasteiger partial charge in [-0.3, -0.25) is 0 Å². The van der Waals surface area contributed by atoms with E-state index in [0.29, 0.717) is 10.8 Å². The molecule has 2 atom stereocenters. The number of unbranched alkanes of at least 4 members (excludes halogenated alkanes) is 1. The monoisotopic (exact) mass is 168 g/mol. The highest BCUT2D eigenvalue weighted by Crippen LogP contribution is 2.68. The molecule has 0 amide bonds. The zero-order chi connectivity index (χ0) is 9.24. The quantitative estimate of drug-likeness (QED) is 0.571. The van der Waals surface area contributed by atoms with Crippen LogP contribution in [0.2, 0.25) is 0 Å². The van der Waals surface area contributed by atoms with Crippen LogP contribution in [0.1, 0.15) is 66.2 Å². The van der Waals surface area contributed by atoms with E-state index in [2.05, 4.69) is 27.7 Å². The van der Waals surface area contributed by atoms with Crippen LogP contribution in [-0.2, 0) is 0 Å². The van der Waals surface area contributed by atoms with Gasteiger partial charge >= 0.3 is 0 Å². The van der Waals surface area contributed by atoms with Gasteiger partial charge in [0, 0.05) is 0 Å². The molecule has 12 heavy (non-hydrogen) atoms. The van der Waals surface area contributed by atoms with Gasteiger partial charge in [-0.2, -0.15) is 0 Å². The van der Waals surface area contributed by atoms with Gasteiger partial charge in [0.1, 0.15) is 0 Å². The molecular weight excluding hydrogens is 144 g/mol. The molecule has 0 nitrogen and oxygen atoms in total. The van der Waals surface area contributed by atoms with Crippen molar-refractivity contribution in [2.45, 2.75) is 66.2 Å². The van der Waals surface area contributed by atoms with E-state index in [1.54, 1.807) is 0 Å². The summed E-state index contributed by atoms with van der Waals surface area (Å²) in [6.45, 7) is 9.57. The Morgan fingerprint density at radius 2 is 1.50 bits per heavy atom. The summed E-state index contributed by atoms with van der Waals surface area (Å²) in [5.74, 6) is 0. The Balaban J connectivity index is 2.35. The first-order valence-electron chi connectivity index (χ1n) is 5.58. The molecule has 1 aliphatic rings. The first-order valence-corrected chi connectivity index (χ1v) is 5.58. The fraction of sp³-hybridized carbons (Fsp3) is 1.00. The number of rotatable bonds is 5. The van der Waals surface area contributed by atoms with E-state index in [-0.39, 0.29) is 0 Å². The molecule has 0 aromatic rings. The SMILES string of the molecule is CCCCC1(C)CC1(C)CCC. The Kier molecular flexibility index (Phi) is 2.85. The topological polar surface area (TPSA) is 0 Å². The maximum Gasteiger partial charge on any atom is -0.0266 e. The lowest BCUT2D eigenvalue weighted by atomic mass is 9.88. The van der Waals surface area contributed by atoms with E-state index in [1.807, 2.05) is 0 Å². The molecule has 1 fully saturated rings. The Bertz CT molecular complexity index is 150. The lowest BCUT2D eigenvalue weighted by Crippen LogP contribution is -2.07. The van der Waals surface area contributed by atoms with Crippen LogP contribution in [0.4, 0.5) is 0 Å². The second kappa shape index (κ2) is 3.40. The summed E-state index contributed by atoms with van der Waals surface area (Å²) in [6.07, 6.45) is 8.52. The van der Waals surface area contributed by atoms with Gasteiger partial charge in [-0.1, -0.05) is 47.0 Å². The van der Waals surface area contributed by atoms with Gasteiger partial charge in [0.05, 0.1) is 0 Å². The molecule has 0 heteroatoms. The maximum absolute atomic E-state index is 2.48. The van der Waals surface area contributed by atoms with Gasteiger partial charge in [-0.25, -0.2) is 0 Å². The fourth-order valence-corrected chi connectivity index (χ4v) is 2.72. The van der Waals surface area contributed by atoms with Crippen LogP contribution in [0.5, 0.6) is 0 Å². The average molecular weight is 168 g/mol. The molecule has 1 saturated carbocycles.